The van der Waals surface area contributed by atoms with Crippen LogP contribution in [0, 0.1) is 10.1 Å². The van der Waals surface area contributed by atoms with Gasteiger partial charge in [-0.15, -0.1) is 0 Å². The maximum atomic E-state index is 13.0. The van der Waals surface area contributed by atoms with Crippen LogP contribution in [0.3, 0.4) is 0 Å². The summed E-state index contributed by atoms with van der Waals surface area (Å²) in [7, 11) is 2.05. The van der Waals surface area contributed by atoms with Gasteiger partial charge in [-0.3, -0.25) is 14.9 Å². The molecule has 4 aromatic rings. The Bertz CT molecular complexity index is 1450. The van der Waals surface area contributed by atoms with Gasteiger partial charge in [0.05, 0.1) is 16.2 Å². The predicted molar refractivity (Wildman–Crippen MR) is 144 cm³/mol. The second-order valence-corrected chi connectivity index (χ2v) is 8.57. The van der Waals surface area contributed by atoms with Crippen LogP contribution in [0.5, 0.6) is 0 Å². The zero-order valence-electron chi connectivity index (χ0n) is 19.6. The van der Waals surface area contributed by atoms with Crippen molar-refractivity contribution in [3.05, 3.63) is 130 Å². The summed E-state index contributed by atoms with van der Waals surface area (Å²) in [5.74, 6) is -0.307. The van der Waals surface area contributed by atoms with Crippen LogP contribution in [0.15, 0.2) is 103 Å². The van der Waals surface area contributed by atoms with Crippen LogP contribution in [0.4, 0.5) is 22.7 Å². The molecular weight excluding hydrogens is 452 g/mol. The fraction of sp³-hybridized carbons (Fsp3) is 0.0690. The first-order chi connectivity index (χ1) is 17.5. The van der Waals surface area contributed by atoms with Crippen molar-refractivity contribution in [1.82, 2.24) is 0 Å². The molecule has 1 heterocycles. The SMILES string of the molecule is CN(Cc1ccc(NC(=C2C(=O)Nc3ccc([N+](=O)[O-])cc32)c2ccccc2)cc1)c1ccccc1. The highest BCUT2D eigenvalue weighted by Gasteiger charge is 2.30. The lowest BCUT2D eigenvalue weighted by molar-refractivity contribution is -0.384. The van der Waals surface area contributed by atoms with Crippen molar-refractivity contribution in [3.8, 4) is 0 Å². The molecule has 0 saturated heterocycles. The minimum absolute atomic E-state index is 0.0675. The Morgan fingerprint density at radius 2 is 1.58 bits per heavy atom. The van der Waals surface area contributed by atoms with Crippen molar-refractivity contribution >= 4 is 39.9 Å². The molecule has 0 fully saturated rings. The average molecular weight is 477 g/mol. The van der Waals surface area contributed by atoms with E-state index in [1.165, 1.54) is 12.1 Å². The molecule has 0 saturated carbocycles. The van der Waals surface area contributed by atoms with Crippen molar-refractivity contribution in [1.29, 1.82) is 0 Å². The Morgan fingerprint density at radius 1 is 0.917 bits per heavy atom. The molecular formula is C29H24N4O3. The number of nitro benzene ring substituents is 1. The number of nitrogens with one attached hydrogen (secondary N) is 2. The molecule has 178 valence electrons. The summed E-state index contributed by atoms with van der Waals surface area (Å²) >= 11 is 0. The summed E-state index contributed by atoms with van der Waals surface area (Å²) in [4.78, 5) is 26.1. The van der Waals surface area contributed by atoms with Crippen molar-refractivity contribution in [2.75, 3.05) is 22.6 Å². The van der Waals surface area contributed by atoms with Crippen molar-refractivity contribution in [2.45, 2.75) is 6.54 Å². The number of anilines is 3. The fourth-order valence-electron chi connectivity index (χ4n) is 4.29. The molecule has 2 N–H and O–H groups in total. The zero-order chi connectivity index (χ0) is 25.1. The minimum Gasteiger partial charge on any atom is -0.370 e. The third-order valence-electron chi connectivity index (χ3n) is 6.11. The van der Waals surface area contributed by atoms with E-state index in [4.69, 9.17) is 0 Å². The highest BCUT2D eigenvalue weighted by molar-refractivity contribution is 6.37. The third-order valence-corrected chi connectivity index (χ3v) is 6.11. The molecule has 4 aromatic carbocycles. The zero-order valence-corrected chi connectivity index (χ0v) is 19.6. The number of hydrogen-bond donors (Lipinski definition) is 2. The number of nitrogens with zero attached hydrogens (tertiary/aromatic N) is 2. The summed E-state index contributed by atoms with van der Waals surface area (Å²) in [6.07, 6.45) is 0. The molecule has 0 spiro atoms. The maximum Gasteiger partial charge on any atom is 0.270 e. The Labute approximate surface area is 208 Å². The predicted octanol–water partition coefficient (Wildman–Crippen LogP) is 6.16. The monoisotopic (exact) mass is 476 g/mol. The first kappa shape index (κ1) is 22.9. The van der Waals surface area contributed by atoms with Gasteiger partial charge in [0.15, 0.2) is 0 Å². The lowest BCUT2D eigenvalue weighted by atomic mass is 9.99. The largest absolute Gasteiger partial charge is 0.370 e. The number of carbonyl (C=O) groups excluding carboxylic acids is 1. The molecule has 0 radical (unpaired) electrons. The number of para-hydroxylation sites is 1. The molecule has 0 aromatic heterocycles. The molecule has 36 heavy (non-hydrogen) atoms. The van der Waals surface area contributed by atoms with Crippen LogP contribution >= 0.6 is 0 Å². The van der Waals surface area contributed by atoms with Gasteiger partial charge in [-0.25, -0.2) is 0 Å². The normalized spacial score (nSPS) is 13.5. The molecule has 1 aliphatic rings. The molecule has 1 aliphatic heterocycles. The molecule has 7 heteroatoms. The number of carbonyl (C=O) groups is 1. The Morgan fingerprint density at radius 3 is 2.25 bits per heavy atom. The smallest absolute Gasteiger partial charge is 0.270 e. The Hall–Kier alpha value is -4.91. The van der Waals surface area contributed by atoms with Gasteiger partial charge in [-0.2, -0.15) is 0 Å². The van der Waals surface area contributed by atoms with Crippen LogP contribution in [-0.4, -0.2) is 17.9 Å². The minimum atomic E-state index is -0.457. The van der Waals surface area contributed by atoms with Gasteiger partial charge >= 0.3 is 0 Å². The number of fused-ring (bicyclic) bond motifs is 1. The molecule has 1 amide bonds. The lowest BCUT2D eigenvalue weighted by Gasteiger charge is -2.20. The number of amides is 1. The van der Waals surface area contributed by atoms with Gasteiger partial charge in [-0.05, 0) is 41.5 Å². The van der Waals surface area contributed by atoms with E-state index in [-0.39, 0.29) is 11.6 Å². The van der Waals surface area contributed by atoms with Crippen LogP contribution in [0.1, 0.15) is 16.7 Å². The van der Waals surface area contributed by atoms with Gasteiger partial charge < -0.3 is 15.5 Å². The number of benzene rings is 4. The fourth-order valence-corrected chi connectivity index (χ4v) is 4.29. The molecule has 7 nitrogen and oxygen atoms in total. The summed E-state index contributed by atoms with van der Waals surface area (Å²) in [6, 6.07) is 32.1. The van der Waals surface area contributed by atoms with E-state index in [2.05, 4.69) is 34.7 Å². The summed E-state index contributed by atoms with van der Waals surface area (Å²) in [5, 5.41) is 17.6. The first-order valence-corrected chi connectivity index (χ1v) is 11.5. The van der Waals surface area contributed by atoms with Crippen LogP contribution in [0.25, 0.3) is 11.3 Å². The Kier molecular flexibility index (Phi) is 6.19. The van der Waals surface area contributed by atoms with Crippen molar-refractivity contribution in [2.24, 2.45) is 0 Å². The van der Waals surface area contributed by atoms with E-state index in [9.17, 15) is 14.9 Å². The van der Waals surface area contributed by atoms with Crippen molar-refractivity contribution in [3.63, 3.8) is 0 Å². The molecule has 0 atom stereocenters. The topological polar surface area (TPSA) is 87.5 Å². The van der Waals surface area contributed by atoms with E-state index in [0.29, 0.717) is 22.5 Å². The van der Waals surface area contributed by atoms with Gasteiger partial charge in [0, 0.05) is 48.4 Å². The second kappa shape index (κ2) is 9.76. The van der Waals surface area contributed by atoms with Gasteiger partial charge in [0.2, 0.25) is 0 Å². The van der Waals surface area contributed by atoms with Gasteiger partial charge in [0.1, 0.15) is 0 Å². The van der Waals surface area contributed by atoms with Crippen LogP contribution in [-0.2, 0) is 11.3 Å². The highest BCUT2D eigenvalue weighted by Crippen LogP contribution is 2.39. The van der Waals surface area contributed by atoms with Crippen LogP contribution < -0.4 is 15.5 Å². The van der Waals surface area contributed by atoms with Crippen LogP contribution in [0.2, 0.25) is 0 Å². The van der Waals surface area contributed by atoms with E-state index >= 15 is 0 Å². The second-order valence-electron chi connectivity index (χ2n) is 8.57. The summed E-state index contributed by atoms with van der Waals surface area (Å²) in [6.45, 7) is 0.746. The number of non-ortho nitro benzene ring substituents is 1. The summed E-state index contributed by atoms with van der Waals surface area (Å²) < 4.78 is 0. The molecule has 0 unspecified atom stereocenters. The number of rotatable bonds is 7. The van der Waals surface area contributed by atoms with Crippen molar-refractivity contribution < 1.29 is 9.72 Å². The number of hydrogen-bond acceptors (Lipinski definition) is 5. The molecule has 0 aliphatic carbocycles. The lowest BCUT2D eigenvalue weighted by Crippen LogP contribution is -2.16. The number of nitro groups is 1. The Balaban J connectivity index is 1.49. The van der Waals surface area contributed by atoms with Gasteiger partial charge in [-0.1, -0.05) is 60.7 Å². The van der Waals surface area contributed by atoms with E-state index in [1.54, 1.807) is 6.07 Å². The van der Waals surface area contributed by atoms with E-state index in [0.717, 1.165) is 29.0 Å². The van der Waals surface area contributed by atoms with E-state index < -0.39 is 4.92 Å². The summed E-state index contributed by atoms with van der Waals surface area (Å²) in [5.41, 5.74) is 5.82. The first-order valence-electron chi connectivity index (χ1n) is 11.5. The molecule has 5 rings (SSSR count). The third kappa shape index (κ3) is 4.67. The highest BCUT2D eigenvalue weighted by atomic mass is 16.6. The van der Waals surface area contributed by atoms with Gasteiger partial charge in [0.25, 0.3) is 11.6 Å². The quantitative estimate of drug-likeness (QED) is 0.189. The average Bonchev–Trinajstić information content (AvgIpc) is 3.24. The maximum absolute atomic E-state index is 13.0. The molecule has 0 bridgehead atoms. The van der Waals surface area contributed by atoms with E-state index in [1.807, 2.05) is 72.8 Å². The standard InChI is InChI=1S/C29H24N4O3/c1-32(23-10-6-3-7-11-23)19-20-12-14-22(15-13-20)30-28(21-8-4-2-5-9-21)27-25-18-24(33(35)36)16-17-26(25)31-29(27)34/h2-18,30H,19H2,1H3,(H,31,34).